The van der Waals surface area contributed by atoms with Crippen LogP contribution in [0.3, 0.4) is 0 Å². The van der Waals surface area contributed by atoms with Gasteiger partial charge in [0.1, 0.15) is 6.04 Å². The first-order valence-corrected chi connectivity index (χ1v) is 9.73. The molecule has 0 fully saturated rings. The lowest BCUT2D eigenvalue weighted by molar-refractivity contribution is -0.120. The molecule has 0 spiro atoms. The number of nitrogens with one attached hydrogen (secondary N) is 1. The predicted molar refractivity (Wildman–Crippen MR) is 103 cm³/mol. The molecule has 0 radical (unpaired) electrons. The molecule has 7 nitrogen and oxygen atoms in total. The summed E-state index contributed by atoms with van der Waals surface area (Å²) in [4.78, 5) is 43.5. The minimum atomic E-state index is -0.896. The van der Waals surface area contributed by atoms with E-state index in [0.29, 0.717) is 34.9 Å². The summed E-state index contributed by atoms with van der Waals surface area (Å²) in [6, 6.07) is 8.98. The van der Waals surface area contributed by atoms with Gasteiger partial charge in [0, 0.05) is 6.07 Å². The Hall–Kier alpha value is -2.87. The van der Waals surface area contributed by atoms with Crippen molar-refractivity contribution in [3.8, 4) is 5.88 Å². The Labute approximate surface area is 161 Å². The Balaban J connectivity index is 1.84. The van der Waals surface area contributed by atoms with Crippen molar-refractivity contribution < 1.29 is 19.1 Å². The number of nitrogens with zero attached hydrogens (tertiary/aromatic N) is 2. The fraction of sp³-hybridized carbons (Fsp3) is 0.263. The second kappa shape index (κ2) is 8.22. The zero-order valence-corrected chi connectivity index (χ0v) is 15.8. The van der Waals surface area contributed by atoms with E-state index in [-0.39, 0.29) is 0 Å². The first kappa shape index (κ1) is 18.9. The lowest BCUT2D eigenvalue weighted by Crippen LogP contribution is -2.47. The number of thioether (sulfide) groups is 1. The number of methoxy groups -OCH3 is 1. The molecule has 1 unspecified atom stereocenters. The van der Waals surface area contributed by atoms with Crippen molar-refractivity contribution in [1.29, 1.82) is 0 Å². The highest BCUT2D eigenvalue weighted by atomic mass is 32.2. The predicted octanol–water partition coefficient (Wildman–Crippen LogP) is 2.45. The van der Waals surface area contributed by atoms with Gasteiger partial charge in [0.05, 0.1) is 30.1 Å². The van der Waals surface area contributed by atoms with E-state index in [1.165, 1.54) is 13.3 Å². The largest absolute Gasteiger partial charge is 0.481 e. The standard InChI is InChI=1S/C19H19N3O4S/c1-26-16-8-7-12(11-20-16)21-17(23)15(9-10-27-2)22-18(24)13-5-3-4-6-14(13)19(22)25/h3-8,11,15H,9-10H2,1-2H3,(H,21,23). The first-order chi connectivity index (χ1) is 13.1. The van der Waals surface area contributed by atoms with Crippen LogP contribution in [0.15, 0.2) is 42.6 Å². The van der Waals surface area contributed by atoms with E-state index in [0.717, 1.165) is 4.90 Å². The Morgan fingerprint density at radius 2 is 1.85 bits per heavy atom. The number of rotatable bonds is 7. The van der Waals surface area contributed by atoms with Gasteiger partial charge in [-0.3, -0.25) is 19.3 Å². The molecule has 1 aromatic carbocycles. The van der Waals surface area contributed by atoms with Gasteiger partial charge in [0.15, 0.2) is 0 Å². The van der Waals surface area contributed by atoms with E-state index in [1.54, 1.807) is 48.2 Å². The number of amides is 3. The van der Waals surface area contributed by atoms with Gasteiger partial charge in [0.25, 0.3) is 11.8 Å². The fourth-order valence-corrected chi connectivity index (χ4v) is 3.36. The van der Waals surface area contributed by atoms with Gasteiger partial charge in [-0.25, -0.2) is 4.98 Å². The third-order valence-corrected chi connectivity index (χ3v) is 4.89. The van der Waals surface area contributed by atoms with Crippen molar-refractivity contribution in [2.45, 2.75) is 12.5 Å². The average molecular weight is 385 g/mol. The van der Waals surface area contributed by atoms with E-state index in [9.17, 15) is 14.4 Å². The van der Waals surface area contributed by atoms with Crippen molar-refractivity contribution in [3.05, 3.63) is 53.7 Å². The van der Waals surface area contributed by atoms with Crippen molar-refractivity contribution in [2.75, 3.05) is 24.4 Å². The molecule has 1 aliphatic heterocycles. The normalized spacial score (nSPS) is 14.1. The van der Waals surface area contributed by atoms with Gasteiger partial charge in [-0.15, -0.1) is 0 Å². The molecule has 8 heteroatoms. The van der Waals surface area contributed by atoms with Crippen LogP contribution in [-0.2, 0) is 4.79 Å². The van der Waals surface area contributed by atoms with Crippen LogP contribution in [0.2, 0.25) is 0 Å². The monoisotopic (exact) mass is 385 g/mol. The zero-order chi connectivity index (χ0) is 19.4. The molecule has 0 saturated carbocycles. The maximum atomic E-state index is 12.9. The van der Waals surface area contributed by atoms with Crippen LogP contribution < -0.4 is 10.1 Å². The molecule has 1 N–H and O–H groups in total. The van der Waals surface area contributed by atoms with Crippen molar-refractivity contribution in [1.82, 2.24) is 9.88 Å². The van der Waals surface area contributed by atoms with Crippen LogP contribution in [0.1, 0.15) is 27.1 Å². The molecular formula is C19H19N3O4S. The number of hydrogen-bond acceptors (Lipinski definition) is 6. The minimum Gasteiger partial charge on any atom is -0.481 e. The summed E-state index contributed by atoms with van der Waals surface area (Å²) in [7, 11) is 1.50. The van der Waals surface area contributed by atoms with Crippen molar-refractivity contribution in [3.63, 3.8) is 0 Å². The summed E-state index contributed by atoms with van der Waals surface area (Å²) in [6.45, 7) is 0. The number of fused-ring (bicyclic) bond motifs is 1. The lowest BCUT2D eigenvalue weighted by Gasteiger charge is -2.25. The lowest BCUT2D eigenvalue weighted by atomic mass is 10.1. The van der Waals surface area contributed by atoms with Gasteiger partial charge in [-0.1, -0.05) is 12.1 Å². The highest BCUT2D eigenvalue weighted by Gasteiger charge is 2.42. The Morgan fingerprint density at radius 3 is 2.37 bits per heavy atom. The number of hydrogen-bond donors (Lipinski definition) is 1. The molecule has 1 aromatic heterocycles. The third kappa shape index (κ3) is 3.80. The summed E-state index contributed by atoms with van der Waals surface area (Å²) in [6.07, 6.45) is 3.73. The van der Waals surface area contributed by atoms with Crippen LogP contribution in [0.5, 0.6) is 5.88 Å². The smallest absolute Gasteiger partial charge is 0.262 e. The van der Waals surface area contributed by atoms with Crippen LogP contribution in [0, 0.1) is 0 Å². The number of benzene rings is 1. The minimum absolute atomic E-state index is 0.329. The van der Waals surface area contributed by atoms with Gasteiger partial charge in [0.2, 0.25) is 11.8 Å². The number of pyridine rings is 1. The second-order valence-electron chi connectivity index (χ2n) is 5.90. The molecular weight excluding hydrogens is 366 g/mol. The molecule has 0 saturated heterocycles. The zero-order valence-electron chi connectivity index (χ0n) is 15.0. The molecule has 2 heterocycles. The highest BCUT2D eigenvalue weighted by Crippen LogP contribution is 2.26. The summed E-state index contributed by atoms with van der Waals surface area (Å²) in [5.41, 5.74) is 1.12. The SMILES string of the molecule is COc1ccc(NC(=O)C(CCSC)N2C(=O)c3ccccc3C2=O)cn1. The summed E-state index contributed by atoms with van der Waals surface area (Å²) >= 11 is 1.55. The summed E-state index contributed by atoms with van der Waals surface area (Å²) < 4.78 is 5.00. The maximum absolute atomic E-state index is 12.9. The van der Waals surface area contributed by atoms with Crippen LogP contribution in [-0.4, -0.2) is 52.8 Å². The number of ether oxygens (including phenoxy) is 1. The van der Waals surface area contributed by atoms with Crippen LogP contribution in [0.25, 0.3) is 0 Å². The van der Waals surface area contributed by atoms with E-state index in [2.05, 4.69) is 10.3 Å². The molecule has 0 aliphatic carbocycles. The van der Waals surface area contributed by atoms with Gasteiger partial charge in [-0.05, 0) is 36.6 Å². The quantitative estimate of drug-likeness (QED) is 0.737. The molecule has 140 valence electrons. The third-order valence-electron chi connectivity index (χ3n) is 4.25. The number of carbonyl (C=O) groups is 3. The molecule has 1 atom stereocenters. The number of imide groups is 1. The van der Waals surface area contributed by atoms with Gasteiger partial charge >= 0.3 is 0 Å². The number of carbonyl (C=O) groups excluding carboxylic acids is 3. The van der Waals surface area contributed by atoms with Gasteiger partial charge < -0.3 is 10.1 Å². The van der Waals surface area contributed by atoms with E-state index in [1.807, 2.05) is 6.26 Å². The molecule has 1 aliphatic rings. The Kier molecular flexibility index (Phi) is 5.75. The molecule has 2 aromatic rings. The average Bonchev–Trinajstić information content (AvgIpc) is 2.94. The summed E-state index contributed by atoms with van der Waals surface area (Å²) in [5.74, 6) is -0.251. The number of aromatic nitrogens is 1. The molecule has 3 rings (SSSR count). The van der Waals surface area contributed by atoms with Crippen LogP contribution >= 0.6 is 11.8 Å². The maximum Gasteiger partial charge on any atom is 0.262 e. The van der Waals surface area contributed by atoms with Crippen LogP contribution in [0.4, 0.5) is 5.69 Å². The van der Waals surface area contributed by atoms with Gasteiger partial charge in [-0.2, -0.15) is 11.8 Å². The fourth-order valence-electron chi connectivity index (χ4n) is 2.90. The second-order valence-corrected chi connectivity index (χ2v) is 6.89. The number of anilines is 1. The van der Waals surface area contributed by atoms with E-state index in [4.69, 9.17) is 4.74 Å². The van der Waals surface area contributed by atoms with E-state index >= 15 is 0 Å². The highest BCUT2D eigenvalue weighted by molar-refractivity contribution is 7.98. The Morgan fingerprint density at radius 1 is 1.19 bits per heavy atom. The van der Waals surface area contributed by atoms with Crippen molar-refractivity contribution in [2.24, 2.45) is 0 Å². The molecule has 0 bridgehead atoms. The topological polar surface area (TPSA) is 88.6 Å². The molecule has 3 amide bonds. The first-order valence-electron chi connectivity index (χ1n) is 8.33. The van der Waals surface area contributed by atoms with E-state index < -0.39 is 23.8 Å². The summed E-state index contributed by atoms with van der Waals surface area (Å²) in [5, 5.41) is 2.73. The molecule has 27 heavy (non-hydrogen) atoms. The Bertz CT molecular complexity index is 835. The van der Waals surface area contributed by atoms with Crippen molar-refractivity contribution >= 4 is 35.2 Å².